The molecular weight excluding hydrogens is 327 g/mol. The Hall–Kier alpha value is -2.15. The van der Waals surface area contributed by atoms with Crippen LogP contribution >= 0.6 is 0 Å². The first-order valence-corrected chi connectivity index (χ1v) is 8.25. The number of nitrogens with zero attached hydrogens (tertiary/aromatic N) is 1. The van der Waals surface area contributed by atoms with Gasteiger partial charge in [0.25, 0.3) is 0 Å². The summed E-state index contributed by atoms with van der Waals surface area (Å²) >= 11 is 0. The third-order valence-electron chi connectivity index (χ3n) is 3.91. The molecule has 1 amide bonds. The number of rotatable bonds is 4. The van der Waals surface area contributed by atoms with E-state index in [1.54, 1.807) is 32.9 Å². The molecule has 0 bridgehead atoms. The molecule has 1 fully saturated rings. The van der Waals surface area contributed by atoms with E-state index in [1.807, 2.05) is 0 Å². The van der Waals surface area contributed by atoms with E-state index >= 15 is 0 Å². The molecule has 1 aliphatic rings. The predicted octanol–water partition coefficient (Wildman–Crippen LogP) is 2.47. The number of hydrogen-bond donors (Lipinski definition) is 1. The van der Waals surface area contributed by atoms with Crippen LogP contribution < -0.4 is 5.32 Å². The standard InChI is InChI=1S/C18H25FN2O4/c1-18(2,3)25-17(23)21-11-14(9-15(21)16(22)24-4)20-10-12-5-7-13(19)8-6-12/h5-8,14-15,20H,9-11H2,1-4H3. The molecule has 0 aliphatic carbocycles. The van der Waals surface area contributed by atoms with Crippen LogP contribution in [0.1, 0.15) is 32.8 Å². The van der Waals surface area contributed by atoms with Crippen molar-refractivity contribution in [3.63, 3.8) is 0 Å². The van der Waals surface area contributed by atoms with E-state index in [-0.39, 0.29) is 11.9 Å². The first-order chi connectivity index (χ1) is 11.7. The number of hydrogen-bond acceptors (Lipinski definition) is 5. The van der Waals surface area contributed by atoms with Crippen molar-refractivity contribution in [2.75, 3.05) is 13.7 Å². The monoisotopic (exact) mass is 352 g/mol. The molecule has 1 N–H and O–H groups in total. The molecule has 0 spiro atoms. The Morgan fingerprint density at radius 1 is 1.28 bits per heavy atom. The van der Waals surface area contributed by atoms with Crippen LogP contribution in [0.3, 0.4) is 0 Å². The van der Waals surface area contributed by atoms with Crippen molar-refractivity contribution in [1.29, 1.82) is 0 Å². The molecule has 1 aromatic carbocycles. The minimum Gasteiger partial charge on any atom is -0.467 e. The third kappa shape index (κ3) is 5.42. The molecule has 1 aliphatic heterocycles. The second-order valence-electron chi connectivity index (χ2n) is 7.11. The van der Waals surface area contributed by atoms with Crippen molar-refractivity contribution in [3.8, 4) is 0 Å². The second kappa shape index (κ2) is 7.82. The number of benzene rings is 1. The number of carbonyl (C=O) groups excluding carboxylic acids is 2. The fourth-order valence-electron chi connectivity index (χ4n) is 2.73. The molecule has 0 aromatic heterocycles. The smallest absolute Gasteiger partial charge is 0.411 e. The Labute approximate surface area is 147 Å². The van der Waals surface area contributed by atoms with E-state index < -0.39 is 23.7 Å². The maximum absolute atomic E-state index is 13.0. The number of methoxy groups -OCH3 is 1. The molecule has 2 atom stereocenters. The molecule has 25 heavy (non-hydrogen) atoms. The minimum atomic E-state index is -0.675. The summed E-state index contributed by atoms with van der Waals surface area (Å²) in [7, 11) is 1.30. The molecular formula is C18H25FN2O4. The number of nitrogens with one attached hydrogen (secondary N) is 1. The number of esters is 1. The van der Waals surface area contributed by atoms with Crippen LogP contribution in [-0.4, -0.2) is 48.3 Å². The maximum Gasteiger partial charge on any atom is 0.411 e. The lowest BCUT2D eigenvalue weighted by Crippen LogP contribution is -2.44. The Kier molecular flexibility index (Phi) is 6.00. The summed E-state index contributed by atoms with van der Waals surface area (Å²) in [6, 6.07) is 5.43. The second-order valence-corrected chi connectivity index (χ2v) is 7.11. The topological polar surface area (TPSA) is 67.9 Å². The average Bonchev–Trinajstić information content (AvgIpc) is 2.96. The summed E-state index contributed by atoms with van der Waals surface area (Å²) < 4.78 is 23.1. The van der Waals surface area contributed by atoms with Gasteiger partial charge in [-0.25, -0.2) is 14.0 Å². The zero-order valence-corrected chi connectivity index (χ0v) is 15.0. The van der Waals surface area contributed by atoms with Gasteiger partial charge in [0, 0.05) is 19.1 Å². The van der Waals surface area contributed by atoms with Crippen LogP contribution in [0, 0.1) is 5.82 Å². The van der Waals surface area contributed by atoms with Crippen molar-refractivity contribution in [1.82, 2.24) is 10.2 Å². The molecule has 6 nitrogen and oxygen atoms in total. The summed E-state index contributed by atoms with van der Waals surface area (Å²) in [6.07, 6.45) is -0.0957. The largest absolute Gasteiger partial charge is 0.467 e. The summed E-state index contributed by atoms with van der Waals surface area (Å²) in [5.74, 6) is -0.747. The van der Waals surface area contributed by atoms with E-state index in [4.69, 9.17) is 9.47 Å². The molecule has 1 saturated heterocycles. The van der Waals surface area contributed by atoms with Gasteiger partial charge in [-0.05, 0) is 44.9 Å². The van der Waals surface area contributed by atoms with Crippen molar-refractivity contribution in [2.45, 2.75) is 51.4 Å². The number of halogens is 1. The minimum absolute atomic E-state index is 0.0818. The molecule has 1 heterocycles. The lowest BCUT2D eigenvalue weighted by atomic mass is 10.1. The lowest BCUT2D eigenvalue weighted by Gasteiger charge is -2.27. The van der Waals surface area contributed by atoms with Crippen molar-refractivity contribution in [2.24, 2.45) is 0 Å². The maximum atomic E-state index is 13.0. The van der Waals surface area contributed by atoms with Gasteiger partial charge in [0.1, 0.15) is 17.5 Å². The van der Waals surface area contributed by atoms with Gasteiger partial charge in [-0.1, -0.05) is 12.1 Å². The Bertz CT molecular complexity index is 612. The van der Waals surface area contributed by atoms with Gasteiger partial charge < -0.3 is 14.8 Å². The van der Waals surface area contributed by atoms with Crippen LogP contribution in [-0.2, 0) is 20.8 Å². The molecule has 7 heteroatoms. The van der Waals surface area contributed by atoms with Gasteiger partial charge in [0.2, 0.25) is 0 Å². The van der Waals surface area contributed by atoms with Gasteiger partial charge in [0.15, 0.2) is 0 Å². The van der Waals surface area contributed by atoms with Gasteiger partial charge in [0.05, 0.1) is 7.11 Å². The van der Waals surface area contributed by atoms with Crippen LogP contribution in [0.25, 0.3) is 0 Å². The van der Waals surface area contributed by atoms with Crippen molar-refractivity contribution >= 4 is 12.1 Å². The van der Waals surface area contributed by atoms with Crippen LogP contribution in [0.5, 0.6) is 0 Å². The molecule has 0 radical (unpaired) electrons. The van der Waals surface area contributed by atoms with Crippen molar-refractivity contribution < 1.29 is 23.5 Å². The summed E-state index contributed by atoms with van der Waals surface area (Å²) in [5.41, 5.74) is 0.281. The molecule has 2 rings (SSSR count). The number of likely N-dealkylation sites (tertiary alicyclic amines) is 1. The first kappa shape index (κ1) is 19.2. The van der Waals surface area contributed by atoms with Gasteiger partial charge in [-0.3, -0.25) is 4.90 Å². The van der Waals surface area contributed by atoms with Gasteiger partial charge >= 0.3 is 12.1 Å². The molecule has 0 saturated carbocycles. The highest BCUT2D eigenvalue weighted by Gasteiger charge is 2.41. The lowest BCUT2D eigenvalue weighted by molar-refractivity contribution is -0.145. The van der Waals surface area contributed by atoms with Gasteiger partial charge in [-0.15, -0.1) is 0 Å². The molecule has 1 aromatic rings. The van der Waals surface area contributed by atoms with E-state index in [0.717, 1.165) is 5.56 Å². The average molecular weight is 352 g/mol. The summed E-state index contributed by atoms with van der Waals surface area (Å²) in [6.45, 7) is 6.19. The van der Waals surface area contributed by atoms with E-state index in [9.17, 15) is 14.0 Å². The van der Waals surface area contributed by atoms with E-state index in [0.29, 0.717) is 19.5 Å². The highest BCUT2D eigenvalue weighted by molar-refractivity contribution is 5.82. The van der Waals surface area contributed by atoms with E-state index in [2.05, 4.69) is 5.32 Å². The Balaban J connectivity index is 2.00. The zero-order chi connectivity index (χ0) is 18.6. The van der Waals surface area contributed by atoms with Crippen LogP contribution in [0.2, 0.25) is 0 Å². The quantitative estimate of drug-likeness (QED) is 0.843. The van der Waals surface area contributed by atoms with Crippen LogP contribution in [0.4, 0.5) is 9.18 Å². The SMILES string of the molecule is COC(=O)C1CC(NCc2ccc(F)cc2)CN1C(=O)OC(C)(C)C. The number of carbonyl (C=O) groups is 2. The Morgan fingerprint density at radius 2 is 1.92 bits per heavy atom. The third-order valence-corrected chi connectivity index (χ3v) is 3.91. The zero-order valence-electron chi connectivity index (χ0n) is 15.0. The molecule has 2 unspecified atom stereocenters. The van der Waals surface area contributed by atoms with E-state index in [1.165, 1.54) is 24.1 Å². The Morgan fingerprint density at radius 3 is 2.48 bits per heavy atom. The highest BCUT2D eigenvalue weighted by Crippen LogP contribution is 2.22. The number of amides is 1. The molecule has 138 valence electrons. The number of ether oxygens (including phenoxy) is 2. The van der Waals surface area contributed by atoms with Crippen molar-refractivity contribution in [3.05, 3.63) is 35.6 Å². The first-order valence-electron chi connectivity index (χ1n) is 8.25. The summed E-state index contributed by atoms with van der Waals surface area (Å²) in [5, 5.41) is 3.29. The normalized spacial score (nSPS) is 20.4. The highest BCUT2D eigenvalue weighted by atomic mass is 19.1. The fraction of sp³-hybridized carbons (Fsp3) is 0.556. The van der Waals surface area contributed by atoms with Crippen LogP contribution in [0.15, 0.2) is 24.3 Å². The fourth-order valence-corrected chi connectivity index (χ4v) is 2.73. The summed E-state index contributed by atoms with van der Waals surface area (Å²) in [4.78, 5) is 25.8. The van der Waals surface area contributed by atoms with Gasteiger partial charge in [-0.2, -0.15) is 0 Å². The predicted molar refractivity (Wildman–Crippen MR) is 90.4 cm³/mol.